The third-order valence-corrected chi connectivity index (χ3v) is 11.4. The number of nitrogens with zero attached hydrogens (tertiary/aromatic N) is 1. The van der Waals surface area contributed by atoms with Crippen LogP contribution in [0.15, 0.2) is 188 Å². The zero-order valence-corrected chi connectivity index (χ0v) is 28.0. The lowest BCUT2D eigenvalue weighted by Gasteiger charge is -2.16. The molecule has 1 aromatic heterocycles. The Labute approximate surface area is 297 Å². The summed E-state index contributed by atoms with van der Waals surface area (Å²) in [6, 6.07) is 69.8. The minimum Gasteiger partial charge on any atom is -0.309 e. The lowest BCUT2D eigenvalue weighted by molar-refractivity contribution is 1.01. The molecule has 238 valence electrons. The van der Waals surface area contributed by atoms with Gasteiger partial charge in [0.15, 0.2) is 0 Å². The van der Waals surface area contributed by atoms with Crippen molar-refractivity contribution in [3.05, 3.63) is 221 Å². The summed E-state index contributed by atoms with van der Waals surface area (Å²) in [6.07, 6.45) is 0. The number of para-hydroxylation sites is 2. The van der Waals surface area contributed by atoms with Gasteiger partial charge < -0.3 is 4.57 Å². The minimum absolute atomic E-state index is 0.191. The van der Waals surface area contributed by atoms with Crippen LogP contribution >= 0.6 is 0 Å². The van der Waals surface area contributed by atoms with Crippen LogP contribution in [-0.2, 0) is 0 Å². The van der Waals surface area contributed by atoms with Gasteiger partial charge in [0.05, 0.1) is 11.0 Å². The van der Waals surface area contributed by atoms with Gasteiger partial charge in [-0.1, -0.05) is 158 Å². The van der Waals surface area contributed by atoms with E-state index in [9.17, 15) is 0 Å². The molecule has 51 heavy (non-hydrogen) atoms. The highest BCUT2D eigenvalue weighted by Crippen LogP contribution is 2.51. The maximum Gasteiger partial charge on any atom is 0.0541 e. The number of rotatable bonds is 4. The quantitative estimate of drug-likeness (QED) is 0.179. The predicted octanol–water partition coefficient (Wildman–Crippen LogP) is 12.8. The molecule has 0 saturated carbocycles. The summed E-state index contributed by atoms with van der Waals surface area (Å²) in [6.45, 7) is 0. The Morgan fingerprint density at radius 3 is 1.43 bits per heavy atom. The fraction of sp³-hybridized carbons (Fsp3) is 0.0400. The summed E-state index contributed by atoms with van der Waals surface area (Å²) in [5.74, 6) is 0.461. The largest absolute Gasteiger partial charge is 0.309 e. The van der Waals surface area contributed by atoms with Crippen molar-refractivity contribution in [2.24, 2.45) is 0 Å². The van der Waals surface area contributed by atoms with Crippen LogP contribution in [-0.4, -0.2) is 4.57 Å². The van der Waals surface area contributed by atoms with Gasteiger partial charge >= 0.3 is 0 Å². The van der Waals surface area contributed by atoms with Crippen molar-refractivity contribution in [3.63, 3.8) is 0 Å². The van der Waals surface area contributed by atoms with E-state index < -0.39 is 0 Å². The standard InChI is InChI=1S/C50H33N/c1-2-12-33(13-3-1)49-41-18-6-4-14-37(41)45-30-35(26-28-43(45)49)32-22-24-34(25-23-32)50-42-19-7-5-15-38(42)46-31-36(27-29-44(46)50)51-47-20-10-8-16-39(47)40-17-9-11-21-48(40)51/h1-31,49-50H. The van der Waals surface area contributed by atoms with E-state index in [2.05, 4.69) is 193 Å². The normalized spacial score (nSPS) is 15.5. The molecule has 2 aliphatic rings. The molecule has 9 aromatic rings. The first kappa shape index (κ1) is 28.4. The van der Waals surface area contributed by atoms with Crippen molar-refractivity contribution in [2.75, 3.05) is 0 Å². The Morgan fingerprint density at radius 1 is 0.314 bits per heavy atom. The molecular formula is C50H33N. The zero-order chi connectivity index (χ0) is 33.5. The molecule has 1 heterocycles. The maximum atomic E-state index is 2.42. The molecule has 2 aliphatic carbocycles. The van der Waals surface area contributed by atoms with Gasteiger partial charge in [-0.25, -0.2) is 0 Å². The number of hydrogen-bond acceptors (Lipinski definition) is 0. The van der Waals surface area contributed by atoms with Crippen LogP contribution in [0.4, 0.5) is 0 Å². The number of hydrogen-bond donors (Lipinski definition) is 0. The number of benzene rings is 8. The maximum absolute atomic E-state index is 2.42. The van der Waals surface area contributed by atoms with Gasteiger partial charge in [-0.15, -0.1) is 0 Å². The molecule has 0 radical (unpaired) electrons. The molecule has 11 rings (SSSR count). The minimum atomic E-state index is 0.191. The van der Waals surface area contributed by atoms with Crippen molar-refractivity contribution >= 4 is 21.8 Å². The Balaban J connectivity index is 0.984. The van der Waals surface area contributed by atoms with E-state index >= 15 is 0 Å². The molecule has 0 N–H and O–H groups in total. The first-order valence-electron chi connectivity index (χ1n) is 17.9. The monoisotopic (exact) mass is 647 g/mol. The summed E-state index contributed by atoms with van der Waals surface area (Å²) in [7, 11) is 0. The highest BCUT2D eigenvalue weighted by molar-refractivity contribution is 6.09. The van der Waals surface area contributed by atoms with Gasteiger partial charge in [-0.3, -0.25) is 0 Å². The molecule has 2 unspecified atom stereocenters. The van der Waals surface area contributed by atoms with Gasteiger partial charge in [-0.05, 0) is 97.1 Å². The number of fused-ring (bicyclic) bond motifs is 9. The van der Waals surface area contributed by atoms with Crippen molar-refractivity contribution in [3.8, 4) is 39.1 Å². The summed E-state index contributed by atoms with van der Waals surface area (Å²) in [5.41, 5.74) is 19.7. The van der Waals surface area contributed by atoms with Gasteiger partial charge in [0, 0.05) is 28.3 Å². The van der Waals surface area contributed by atoms with Gasteiger partial charge in [0.25, 0.3) is 0 Å². The SMILES string of the molecule is c1ccc(C2c3ccccc3-c3cc(-c4ccc(C5c6ccccc6-c6cc(-n7c8ccccc8c8ccccc87)ccc65)cc4)ccc32)cc1. The lowest BCUT2D eigenvalue weighted by Crippen LogP contribution is -2.00. The Morgan fingerprint density at radius 2 is 0.784 bits per heavy atom. The smallest absolute Gasteiger partial charge is 0.0541 e. The lowest BCUT2D eigenvalue weighted by atomic mass is 9.87. The number of aromatic nitrogens is 1. The average Bonchev–Trinajstić information content (AvgIpc) is 3.84. The molecule has 0 spiro atoms. The topological polar surface area (TPSA) is 4.93 Å². The van der Waals surface area contributed by atoms with Crippen LogP contribution in [0.1, 0.15) is 45.2 Å². The fourth-order valence-corrected chi connectivity index (χ4v) is 9.14. The second-order valence-electron chi connectivity index (χ2n) is 14.0. The van der Waals surface area contributed by atoms with Gasteiger partial charge in [0.2, 0.25) is 0 Å². The van der Waals surface area contributed by atoms with Crippen LogP contribution in [0.5, 0.6) is 0 Å². The Hall–Kier alpha value is -6.44. The highest BCUT2D eigenvalue weighted by atomic mass is 15.0. The highest BCUT2D eigenvalue weighted by Gasteiger charge is 2.32. The van der Waals surface area contributed by atoms with Crippen molar-refractivity contribution < 1.29 is 0 Å². The third kappa shape index (κ3) is 4.22. The molecule has 0 fully saturated rings. The Bertz CT molecular complexity index is 2750. The van der Waals surface area contributed by atoms with E-state index in [0.717, 1.165) is 0 Å². The van der Waals surface area contributed by atoms with E-state index in [0.29, 0.717) is 0 Å². The molecule has 0 aliphatic heterocycles. The molecular weight excluding hydrogens is 615 g/mol. The summed E-state index contributed by atoms with van der Waals surface area (Å²) >= 11 is 0. The van der Waals surface area contributed by atoms with E-state index in [1.165, 1.54) is 94.3 Å². The first-order chi connectivity index (χ1) is 25.3. The summed E-state index contributed by atoms with van der Waals surface area (Å²) < 4.78 is 2.42. The zero-order valence-electron chi connectivity index (χ0n) is 28.0. The van der Waals surface area contributed by atoms with E-state index in [1.54, 1.807) is 0 Å². The molecule has 8 aromatic carbocycles. The second-order valence-corrected chi connectivity index (χ2v) is 14.0. The van der Waals surface area contributed by atoms with Crippen molar-refractivity contribution in [2.45, 2.75) is 11.8 Å². The van der Waals surface area contributed by atoms with Gasteiger partial charge in [0.1, 0.15) is 0 Å². The predicted molar refractivity (Wildman–Crippen MR) is 212 cm³/mol. The second kappa shape index (κ2) is 11.0. The molecule has 1 nitrogen and oxygen atoms in total. The summed E-state index contributed by atoms with van der Waals surface area (Å²) in [4.78, 5) is 0. The van der Waals surface area contributed by atoms with E-state index in [4.69, 9.17) is 0 Å². The van der Waals surface area contributed by atoms with Crippen molar-refractivity contribution in [1.82, 2.24) is 4.57 Å². The Kier molecular flexibility index (Phi) is 6.15. The van der Waals surface area contributed by atoms with Crippen molar-refractivity contribution in [1.29, 1.82) is 0 Å². The molecule has 1 heteroatoms. The van der Waals surface area contributed by atoms with Crippen LogP contribution in [0, 0.1) is 0 Å². The molecule has 0 amide bonds. The molecule has 2 atom stereocenters. The van der Waals surface area contributed by atoms with Crippen LogP contribution in [0.2, 0.25) is 0 Å². The third-order valence-electron chi connectivity index (χ3n) is 11.4. The summed E-state index contributed by atoms with van der Waals surface area (Å²) in [5, 5.41) is 2.58. The molecule has 0 saturated heterocycles. The first-order valence-corrected chi connectivity index (χ1v) is 17.9. The average molecular weight is 648 g/mol. The molecule has 0 bridgehead atoms. The van der Waals surface area contributed by atoms with E-state index in [1.807, 2.05) is 0 Å². The van der Waals surface area contributed by atoms with E-state index in [-0.39, 0.29) is 11.8 Å². The van der Waals surface area contributed by atoms with Crippen LogP contribution in [0.3, 0.4) is 0 Å². The van der Waals surface area contributed by atoms with Crippen LogP contribution < -0.4 is 0 Å². The fourth-order valence-electron chi connectivity index (χ4n) is 9.14. The van der Waals surface area contributed by atoms with Gasteiger partial charge in [-0.2, -0.15) is 0 Å². The van der Waals surface area contributed by atoms with Crippen LogP contribution in [0.25, 0.3) is 60.9 Å².